The summed E-state index contributed by atoms with van der Waals surface area (Å²) in [6.07, 6.45) is 4.43. The molecule has 1 aromatic heterocycles. The third-order valence-electron chi connectivity index (χ3n) is 2.62. The molecule has 0 spiro atoms. The zero-order valence-corrected chi connectivity index (χ0v) is 9.96. The number of furan rings is 1. The van der Waals surface area contributed by atoms with Gasteiger partial charge in [-0.15, -0.1) is 0 Å². The standard InChI is InChI=1S/C14H11NO4/c16-11(12-2-1-7-17-12)5-6-15-10-3-4-13-14(8-10)19-9-18-13/h1-8,15H,9H2/b6-5+. The van der Waals surface area contributed by atoms with E-state index in [2.05, 4.69) is 5.32 Å². The van der Waals surface area contributed by atoms with Crippen molar-refractivity contribution in [2.45, 2.75) is 0 Å². The molecule has 0 radical (unpaired) electrons. The second kappa shape index (κ2) is 4.89. The summed E-state index contributed by atoms with van der Waals surface area (Å²) in [7, 11) is 0. The van der Waals surface area contributed by atoms with Crippen LogP contribution >= 0.6 is 0 Å². The van der Waals surface area contributed by atoms with Gasteiger partial charge in [0.1, 0.15) is 0 Å². The molecule has 1 aliphatic heterocycles. The molecule has 2 aromatic rings. The Morgan fingerprint density at radius 2 is 2.11 bits per heavy atom. The van der Waals surface area contributed by atoms with Gasteiger partial charge in [0.2, 0.25) is 12.6 Å². The summed E-state index contributed by atoms with van der Waals surface area (Å²) in [5.74, 6) is 1.53. The maximum Gasteiger partial charge on any atom is 0.231 e. The highest BCUT2D eigenvalue weighted by Crippen LogP contribution is 2.34. The molecule has 0 aliphatic carbocycles. The quantitative estimate of drug-likeness (QED) is 0.674. The Kier molecular flexibility index (Phi) is 2.94. The first kappa shape index (κ1) is 11.4. The molecule has 0 unspecified atom stereocenters. The van der Waals surface area contributed by atoms with E-state index in [0.717, 1.165) is 11.4 Å². The molecule has 19 heavy (non-hydrogen) atoms. The van der Waals surface area contributed by atoms with Crippen molar-refractivity contribution in [2.24, 2.45) is 0 Å². The van der Waals surface area contributed by atoms with Crippen LogP contribution in [0.1, 0.15) is 10.6 Å². The van der Waals surface area contributed by atoms with Crippen molar-refractivity contribution in [3.05, 3.63) is 54.6 Å². The molecule has 0 atom stereocenters. The maximum absolute atomic E-state index is 11.6. The van der Waals surface area contributed by atoms with Gasteiger partial charge in [0, 0.05) is 24.0 Å². The average molecular weight is 257 g/mol. The molecule has 0 bridgehead atoms. The number of fused-ring (bicyclic) bond motifs is 1. The second-order valence-corrected chi connectivity index (χ2v) is 3.89. The lowest BCUT2D eigenvalue weighted by molar-refractivity contribution is 0.102. The largest absolute Gasteiger partial charge is 0.461 e. The van der Waals surface area contributed by atoms with Crippen LogP contribution in [0.25, 0.3) is 0 Å². The van der Waals surface area contributed by atoms with Gasteiger partial charge in [-0.3, -0.25) is 4.79 Å². The second-order valence-electron chi connectivity index (χ2n) is 3.89. The summed E-state index contributed by atoms with van der Waals surface area (Å²) in [5.41, 5.74) is 0.813. The van der Waals surface area contributed by atoms with E-state index >= 15 is 0 Å². The Balaban J connectivity index is 1.64. The zero-order chi connectivity index (χ0) is 13.1. The molecule has 5 heteroatoms. The molecular formula is C14H11NO4. The number of hydrogen-bond acceptors (Lipinski definition) is 5. The van der Waals surface area contributed by atoms with Crippen molar-refractivity contribution >= 4 is 11.5 Å². The van der Waals surface area contributed by atoms with Gasteiger partial charge < -0.3 is 19.2 Å². The lowest BCUT2D eigenvalue weighted by Gasteiger charge is -2.01. The molecule has 0 fully saturated rings. The van der Waals surface area contributed by atoms with Crippen LogP contribution in [0.4, 0.5) is 5.69 Å². The first-order chi connectivity index (χ1) is 9.33. The van der Waals surface area contributed by atoms with E-state index in [9.17, 15) is 4.79 Å². The Labute approximate surface area is 109 Å². The highest BCUT2D eigenvalue weighted by molar-refractivity contribution is 6.02. The highest BCUT2D eigenvalue weighted by atomic mass is 16.7. The van der Waals surface area contributed by atoms with E-state index in [0.29, 0.717) is 11.5 Å². The number of carbonyl (C=O) groups is 1. The van der Waals surface area contributed by atoms with Gasteiger partial charge in [-0.25, -0.2) is 0 Å². The fourth-order valence-electron chi connectivity index (χ4n) is 1.70. The van der Waals surface area contributed by atoms with Crippen molar-refractivity contribution in [3.63, 3.8) is 0 Å². The van der Waals surface area contributed by atoms with Gasteiger partial charge in [-0.05, 0) is 24.3 Å². The van der Waals surface area contributed by atoms with Crippen LogP contribution in [0.3, 0.4) is 0 Å². The monoisotopic (exact) mass is 257 g/mol. The number of nitrogens with one attached hydrogen (secondary N) is 1. The van der Waals surface area contributed by atoms with Crippen LogP contribution in [0.2, 0.25) is 0 Å². The number of ether oxygens (including phenoxy) is 2. The minimum Gasteiger partial charge on any atom is -0.461 e. The highest BCUT2D eigenvalue weighted by Gasteiger charge is 2.12. The van der Waals surface area contributed by atoms with E-state index in [1.165, 1.54) is 12.3 Å². The minimum absolute atomic E-state index is 0.196. The smallest absolute Gasteiger partial charge is 0.231 e. The summed E-state index contributed by atoms with van der Waals surface area (Å²) in [6.45, 7) is 0.242. The summed E-state index contributed by atoms with van der Waals surface area (Å²) < 4.78 is 15.5. The van der Waals surface area contributed by atoms with Crippen molar-refractivity contribution in [1.29, 1.82) is 0 Å². The lowest BCUT2D eigenvalue weighted by atomic mass is 10.2. The Hall–Kier alpha value is -2.69. The number of allylic oxidation sites excluding steroid dienone is 1. The lowest BCUT2D eigenvalue weighted by Crippen LogP contribution is -1.94. The van der Waals surface area contributed by atoms with Crippen LogP contribution in [0.5, 0.6) is 11.5 Å². The third kappa shape index (κ3) is 2.44. The minimum atomic E-state index is -0.196. The predicted molar refractivity (Wildman–Crippen MR) is 68.4 cm³/mol. The molecule has 0 saturated heterocycles. The topological polar surface area (TPSA) is 60.7 Å². The van der Waals surface area contributed by atoms with Crippen molar-refractivity contribution in [3.8, 4) is 11.5 Å². The molecule has 1 N–H and O–H groups in total. The summed E-state index contributed by atoms with van der Waals surface area (Å²) in [5, 5.41) is 2.99. The normalized spacial score (nSPS) is 12.8. The molecule has 5 nitrogen and oxygen atoms in total. The zero-order valence-electron chi connectivity index (χ0n) is 9.96. The summed E-state index contributed by atoms with van der Waals surface area (Å²) >= 11 is 0. The average Bonchev–Trinajstić information content (AvgIpc) is 3.09. The van der Waals surface area contributed by atoms with Crippen LogP contribution in [0.15, 0.2) is 53.3 Å². The number of rotatable bonds is 4. The molecule has 0 amide bonds. The molecule has 2 heterocycles. The van der Waals surface area contributed by atoms with Gasteiger partial charge in [0.05, 0.1) is 6.26 Å². The van der Waals surface area contributed by atoms with Crippen LogP contribution in [-0.4, -0.2) is 12.6 Å². The van der Waals surface area contributed by atoms with Gasteiger partial charge in [-0.1, -0.05) is 0 Å². The maximum atomic E-state index is 11.6. The fraction of sp³-hybridized carbons (Fsp3) is 0.0714. The first-order valence-corrected chi connectivity index (χ1v) is 5.73. The van der Waals surface area contributed by atoms with E-state index in [4.69, 9.17) is 13.9 Å². The molecule has 96 valence electrons. The summed E-state index contributed by atoms with van der Waals surface area (Å²) in [4.78, 5) is 11.6. The number of anilines is 1. The fourth-order valence-corrected chi connectivity index (χ4v) is 1.70. The third-order valence-corrected chi connectivity index (χ3v) is 2.62. The van der Waals surface area contributed by atoms with Gasteiger partial charge in [0.25, 0.3) is 0 Å². The van der Waals surface area contributed by atoms with Gasteiger partial charge in [-0.2, -0.15) is 0 Å². The number of hydrogen-bond donors (Lipinski definition) is 1. The van der Waals surface area contributed by atoms with E-state index in [1.807, 2.05) is 18.2 Å². The predicted octanol–water partition coefficient (Wildman–Crippen LogP) is 2.82. The van der Waals surface area contributed by atoms with Crippen molar-refractivity contribution in [1.82, 2.24) is 0 Å². The van der Waals surface area contributed by atoms with E-state index in [-0.39, 0.29) is 12.6 Å². The molecule has 0 saturated carbocycles. The molecular weight excluding hydrogens is 246 g/mol. The van der Waals surface area contributed by atoms with Crippen molar-refractivity contribution < 1.29 is 18.7 Å². The Morgan fingerprint density at radius 1 is 1.21 bits per heavy atom. The van der Waals surface area contributed by atoms with Gasteiger partial charge >= 0.3 is 0 Å². The first-order valence-electron chi connectivity index (χ1n) is 5.73. The Bertz CT molecular complexity index is 616. The number of benzene rings is 1. The number of carbonyl (C=O) groups excluding carboxylic acids is 1. The summed E-state index contributed by atoms with van der Waals surface area (Å²) in [6, 6.07) is 8.76. The van der Waals surface area contributed by atoms with Crippen LogP contribution < -0.4 is 14.8 Å². The molecule has 1 aliphatic rings. The van der Waals surface area contributed by atoms with Crippen LogP contribution in [-0.2, 0) is 0 Å². The van der Waals surface area contributed by atoms with Crippen molar-refractivity contribution in [2.75, 3.05) is 12.1 Å². The van der Waals surface area contributed by atoms with E-state index in [1.54, 1.807) is 18.3 Å². The number of ketones is 1. The Morgan fingerprint density at radius 3 is 2.95 bits per heavy atom. The SMILES string of the molecule is O=C(/C=C/Nc1ccc2c(c1)OCO2)c1ccco1. The molecule has 3 rings (SSSR count). The van der Waals surface area contributed by atoms with Crippen LogP contribution in [0, 0.1) is 0 Å². The van der Waals surface area contributed by atoms with Gasteiger partial charge in [0.15, 0.2) is 17.3 Å². The van der Waals surface area contributed by atoms with E-state index < -0.39 is 0 Å². The molecule has 1 aromatic carbocycles.